The predicted octanol–water partition coefficient (Wildman–Crippen LogP) is 5.79. The molecule has 2 N–H and O–H groups in total. The van der Waals surface area contributed by atoms with Crippen LogP contribution in [0.4, 0.5) is 24.5 Å². The van der Waals surface area contributed by atoms with Crippen LogP contribution < -0.4 is 20.1 Å². The Labute approximate surface area is 195 Å². The molecule has 2 aliphatic rings. The van der Waals surface area contributed by atoms with E-state index in [1.165, 1.54) is 12.1 Å². The van der Waals surface area contributed by atoms with E-state index < -0.39 is 29.4 Å². The molecule has 1 atom stereocenters. The zero-order valence-corrected chi connectivity index (χ0v) is 19.0. The highest BCUT2D eigenvalue weighted by Gasteiger charge is 2.38. The van der Waals surface area contributed by atoms with Gasteiger partial charge in [-0.3, -0.25) is 9.59 Å². The monoisotopic (exact) mass is 474 g/mol. The summed E-state index contributed by atoms with van der Waals surface area (Å²) in [5, 5.41) is 5.47. The van der Waals surface area contributed by atoms with Crippen LogP contribution in [-0.4, -0.2) is 23.5 Å². The van der Waals surface area contributed by atoms with Gasteiger partial charge in [-0.1, -0.05) is 19.9 Å². The number of anilines is 2. The van der Waals surface area contributed by atoms with Gasteiger partial charge in [0.05, 0.1) is 11.3 Å². The molecule has 0 bridgehead atoms. The third-order valence-electron chi connectivity index (χ3n) is 6.27. The average Bonchev–Trinajstić information content (AvgIpc) is 2.78. The molecular weight excluding hydrogens is 449 g/mol. The van der Waals surface area contributed by atoms with Gasteiger partial charge >= 0.3 is 6.18 Å². The Morgan fingerprint density at radius 3 is 2.59 bits per heavy atom. The maximum Gasteiger partial charge on any atom is 0.416 e. The largest absolute Gasteiger partial charge is 0.486 e. The fourth-order valence-electron chi connectivity index (χ4n) is 4.16. The van der Waals surface area contributed by atoms with Crippen LogP contribution in [0.2, 0.25) is 0 Å². The molecule has 2 aromatic rings. The summed E-state index contributed by atoms with van der Waals surface area (Å²) >= 11 is 0. The minimum absolute atomic E-state index is 0.117. The topological polar surface area (TPSA) is 76.7 Å². The van der Waals surface area contributed by atoms with Crippen LogP contribution in [0.25, 0.3) is 5.57 Å². The molecule has 0 spiro atoms. The third-order valence-corrected chi connectivity index (χ3v) is 6.27. The van der Waals surface area contributed by atoms with Crippen LogP contribution in [0.1, 0.15) is 51.2 Å². The Balaban J connectivity index is 1.63. The Morgan fingerprint density at radius 2 is 1.91 bits per heavy atom. The highest BCUT2D eigenvalue weighted by atomic mass is 19.4. The fourth-order valence-corrected chi connectivity index (χ4v) is 4.16. The Hall–Kier alpha value is -3.49. The van der Waals surface area contributed by atoms with E-state index in [-0.39, 0.29) is 11.7 Å². The minimum Gasteiger partial charge on any atom is -0.486 e. The molecule has 6 nitrogen and oxygen atoms in total. The molecule has 0 saturated heterocycles. The molecular formula is C25H25F3N2O4. The number of fused-ring (bicyclic) bond motifs is 2. The molecule has 4 rings (SSSR count). The molecule has 1 unspecified atom stereocenters. The average molecular weight is 474 g/mol. The summed E-state index contributed by atoms with van der Waals surface area (Å²) < 4.78 is 51.3. The summed E-state index contributed by atoms with van der Waals surface area (Å²) in [6.07, 6.45) is -2.19. The lowest BCUT2D eigenvalue weighted by molar-refractivity contribution is -0.137. The highest BCUT2D eigenvalue weighted by molar-refractivity contribution is 6.05. The van der Waals surface area contributed by atoms with Gasteiger partial charge in [-0.2, -0.15) is 13.2 Å². The number of hydrogen-bond acceptors (Lipinski definition) is 4. The number of hydrogen-bond donors (Lipinski definition) is 2. The minimum atomic E-state index is -4.50. The standard InChI is InChI=1S/C25H25F3N2O4/c1-4-24(5-2)13-15(18-8-6-16(25(26,27)28)11-21(18)34-24)10-22(31)29-17-7-9-20-19(12-17)30-23(32)14(3)33-20/h6-12,14H,4-5,13H2,1-3H3,(H,29,31)(H,30,32)/b15-10+. The quantitative estimate of drug-likeness (QED) is 0.550. The second kappa shape index (κ2) is 8.70. The summed E-state index contributed by atoms with van der Waals surface area (Å²) in [5.41, 5.74) is 0.440. The fraction of sp³-hybridized carbons (Fsp3) is 0.360. The van der Waals surface area contributed by atoms with Gasteiger partial charge < -0.3 is 20.1 Å². The van der Waals surface area contributed by atoms with Crippen molar-refractivity contribution in [2.75, 3.05) is 10.6 Å². The summed E-state index contributed by atoms with van der Waals surface area (Å²) in [6.45, 7) is 5.45. The molecule has 2 heterocycles. The summed E-state index contributed by atoms with van der Waals surface area (Å²) in [4.78, 5) is 24.7. The number of halogens is 3. The third kappa shape index (κ3) is 4.60. The highest BCUT2D eigenvalue weighted by Crippen LogP contribution is 2.45. The first-order valence-corrected chi connectivity index (χ1v) is 11.1. The summed E-state index contributed by atoms with van der Waals surface area (Å²) in [6, 6.07) is 8.22. The molecule has 34 heavy (non-hydrogen) atoms. The van der Waals surface area contributed by atoms with E-state index in [4.69, 9.17) is 9.47 Å². The molecule has 9 heteroatoms. The second-order valence-electron chi connectivity index (χ2n) is 8.50. The molecule has 2 aliphatic heterocycles. The van der Waals surface area contributed by atoms with Crippen molar-refractivity contribution in [3.05, 3.63) is 53.6 Å². The van der Waals surface area contributed by atoms with Crippen LogP contribution >= 0.6 is 0 Å². The van der Waals surface area contributed by atoms with Gasteiger partial charge in [0.25, 0.3) is 5.91 Å². The van der Waals surface area contributed by atoms with Crippen molar-refractivity contribution in [2.45, 2.75) is 57.9 Å². The number of carbonyl (C=O) groups is 2. The van der Waals surface area contributed by atoms with E-state index in [1.54, 1.807) is 25.1 Å². The van der Waals surface area contributed by atoms with Crippen molar-refractivity contribution in [3.63, 3.8) is 0 Å². The first kappa shape index (κ1) is 23.7. The SMILES string of the molecule is CCC1(CC)C/C(=C\C(=O)Nc2ccc3c(c2)NC(=O)C(C)O3)c2ccc(C(F)(F)F)cc2O1. The lowest BCUT2D eigenvalue weighted by atomic mass is 9.83. The lowest BCUT2D eigenvalue weighted by Gasteiger charge is -2.39. The maximum absolute atomic E-state index is 13.3. The maximum atomic E-state index is 13.3. The van der Waals surface area contributed by atoms with Crippen molar-refractivity contribution in [3.8, 4) is 11.5 Å². The Kier molecular flexibility index (Phi) is 6.05. The normalized spacial score (nSPS) is 19.9. The zero-order chi connectivity index (χ0) is 24.7. The van der Waals surface area contributed by atoms with Gasteiger partial charge in [0.1, 0.15) is 17.1 Å². The van der Waals surface area contributed by atoms with Crippen LogP contribution in [0.15, 0.2) is 42.5 Å². The Morgan fingerprint density at radius 1 is 1.18 bits per heavy atom. The first-order valence-electron chi connectivity index (χ1n) is 11.1. The summed E-state index contributed by atoms with van der Waals surface area (Å²) in [5.74, 6) is -0.115. The van der Waals surface area contributed by atoms with Gasteiger partial charge in [-0.05, 0) is 55.7 Å². The van der Waals surface area contributed by atoms with Gasteiger partial charge in [0, 0.05) is 23.7 Å². The van der Waals surface area contributed by atoms with Crippen molar-refractivity contribution in [2.24, 2.45) is 0 Å². The van der Waals surface area contributed by atoms with Crippen molar-refractivity contribution in [1.82, 2.24) is 0 Å². The number of ether oxygens (including phenoxy) is 2. The molecule has 0 saturated carbocycles. The van der Waals surface area contributed by atoms with Crippen molar-refractivity contribution in [1.29, 1.82) is 0 Å². The van der Waals surface area contributed by atoms with Gasteiger partial charge in [0.2, 0.25) is 5.91 Å². The second-order valence-corrected chi connectivity index (χ2v) is 8.50. The van der Waals surface area contributed by atoms with Crippen molar-refractivity contribution < 1.29 is 32.2 Å². The van der Waals surface area contributed by atoms with Crippen LogP contribution in [-0.2, 0) is 15.8 Å². The van der Waals surface area contributed by atoms with Crippen molar-refractivity contribution >= 4 is 28.8 Å². The number of nitrogens with one attached hydrogen (secondary N) is 2. The number of carbonyl (C=O) groups excluding carboxylic acids is 2. The zero-order valence-electron chi connectivity index (χ0n) is 19.0. The molecule has 2 aromatic carbocycles. The van der Waals surface area contributed by atoms with E-state index in [1.807, 2.05) is 13.8 Å². The van der Waals surface area contributed by atoms with Gasteiger partial charge in [0.15, 0.2) is 6.10 Å². The summed E-state index contributed by atoms with van der Waals surface area (Å²) in [7, 11) is 0. The molecule has 2 amide bonds. The van der Waals surface area contributed by atoms with E-state index in [0.29, 0.717) is 47.5 Å². The van der Waals surface area contributed by atoms with Crippen LogP contribution in [0, 0.1) is 0 Å². The number of benzene rings is 2. The number of rotatable bonds is 4. The molecule has 0 aliphatic carbocycles. The lowest BCUT2D eigenvalue weighted by Crippen LogP contribution is -2.38. The van der Waals surface area contributed by atoms with E-state index in [2.05, 4.69) is 10.6 Å². The molecule has 0 radical (unpaired) electrons. The van der Waals surface area contributed by atoms with Crippen LogP contribution in [0.3, 0.4) is 0 Å². The number of alkyl halides is 3. The predicted molar refractivity (Wildman–Crippen MR) is 122 cm³/mol. The van der Waals surface area contributed by atoms with E-state index in [0.717, 1.165) is 12.1 Å². The van der Waals surface area contributed by atoms with Crippen LogP contribution in [0.5, 0.6) is 11.5 Å². The molecule has 180 valence electrons. The molecule has 0 aromatic heterocycles. The molecule has 0 fully saturated rings. The Bertz CT molecular complexity index is 1170. The van der Waals surface area contributed by atoms with E-state index in [9.17, 15) is 22.8 Å². The number of amides is 2. The van der Waals surface area contributed by atoms with Gasteiger partial charge in [-0.25, -0.2) is 0 Å². The van der Waals surface area contributed by atoms with E-state index >= 15 is 0 Å². The smallest absolute Gasteiger partial charge is 0.416 e. The first-order chi connectivity index (χ1) is 16.0. The van der Waals surface area contributed by atoms with Gasteiger partial charge in [-0.15, -0.1) is 0 Å².